The first kappa shape index (κ1) is 15.8. The van der Waals surface area contributed by atoms with E-state index in [1.54, 1.807) is 0 Å². The number of ether oxygens (including phenoxy) is 2. The van der Waals surface area contributed by atoms with E-state index in [1.165, 1.54) is 0 Å². The molecule has 116 valence electrons. The molecule has 1 amide bonds. The van der Waals surface area contributed by atoms with Crippen molar-refractivity contribution < 1.29 is 19.4 Å². The van der Waals surface area contributed by atoms with Crippen molar-refractivity contribution in [1.82, 2.24) is 5.32 Å². The van der Waals surface area contributed by atoms with Gasteiger partial charge in [-0.15, -0.1) is 0 Å². The minimum Gasteiger partial charge on any atom is -0.445 e. The van der Waals surface area contributed by atoms with E-state index in [2.05, 4.69) is 5.32 Å². The maximum atomic E-state index is 11.5. The highest BCUT2D eigenvalue weighted by Crippen LogP contribution is 2.17. The van der Waals surface area contributed by atoms with E-state index in [0.717, 1.165) is 31.4 Å². The van der Waals surface area contributed by atoms with Crippen molar-refractivity contribution in [2.75, 3.05) is 13.2 Å². The molecule has 1 aliphatic rings. The van der Waals surface area contributed by atoms with E-state index < -0.39 is 12.2 Å². The lowest BCUT2D eigenvalue weighted by molar-refractivity contribution is 0.122. The van der Waals surface area contributed by atoms with Gasteiger partial charge in [-0.3, -0.25) is 0 Å². The summed E-state index contributed by atoms with van der Waals surface area (Å²) in [5, 5.41) is 12.3. The summed E-state index contributed by atoms with van der Waals surface area (Å²) >= 11 is 0. The van der Waals surface area contributed by atoms with Gasteiger partial charge < -0.3 is 19.9 Å². The van der Waals surface area contributed by atoms with Gasteiger partial charge in [-0.25, -0.2) is 4.79 Å². The summed E-state index contributed by atoms with van der Waals surface area (Å²) in [6, 6.07) is 9.49. The van der Waals surface area contributed by atoms with E-state index in [1.807, 2.05) is 30.3 Å². The fourth-order valence-electron chi connectivity index (χ4n) is 2.06. The van der Waals surface area contributed by atoms with Crippen LogP contribution in [0, 0.1) is 0 Å². The second-order valence-corrected chi connectivity index (χ2v) is 5.34. The highest BCUT2D eigenvalue weighted by atomic mass is 16.6. The summed E-state index contributed by atoms with van der Waals surface area (Å²) in [6.45, 7) is 1.36. The number of unbranched alkanes of at least 4 members (excludes halogenated alkanes) is 1. The number of nitrogens with one attached hydrogen (secondary N) is 1. The lowest BCUT2D eigenvalue weighted by atomic mass is 10.1. The number of alkyl carbamates (subject to hydrolysis) is 1. The third-order valence-electron chi connectivity index (χ3n) is 3.41. The number of benzene rings is 1. The summed E-state index contributed by atoms with van der Waals surface area (Å²) in [7, 11) is 0. The van der Waals surface area contributed by atoms with E-state index in [0.29, 0.717) is 12.5 Å². The molecule has 21 heavy (non-hydrogen) atoms. The predicted octanol–water partition coefficient (Wildman–Crippen LogP) is 2.23. The number of carbonyl (C=O) groups excluding carboxylic acids is 1. The molecule has 1 fully saturated rings. The summed E-state index contributed by atoms with van der Waals surface area (Å²) in [5.41, 5.74) is 0.940. The van der Waals surface area contributed by atoms with Crippen LogP contribution in [0.15, 0.2) is 30.3 Å². The maximum absolute atomic E-state index is 11.5. The van der Waals surface area contributed by atoms with E-state index in [4.69, 9.17) is 9.47 Å². The number of carbonyl (C=O) groups is 1. The monoisotopic (exact) mass is 293 g/mol. The molecule has 0 saturated carbocycles. The smallest absolute Gasteiger partial charge is 0.407 e. The summed E-state index contributed by atoms with van der Waals surface area (Å²) < 4.78 is 10.2. The van der Waals surface area contributed by atoms with Crippen LogP contribution in [0.3, 0.4) is 0 Å². The van der Waals surface area contributed by atoms with Crippen LogP contribution in [0.4, 0.5) is 4.79 Å². The Labute approximate surface area is 125 Å². The number of rotatable bonds is 9. The van der Waals surface area contributed by atoms with E-state index in [9.17, 15) is 9.90 Å². The van der Waals surface area contributed by atoms with Gasteiger partial charge >= 0.3 is 6.09 Å². The lowest BCUT2D eigenvalue weighted by Crippen LogP contribution is -2.32. The topological polar surface area (TPSA) is 71.1 Å². The molecule has 1 heterocycles. The first-order valence-corrected chi connectivity index (χ1v) is 7.48. The summed E-state index contributed by atoms with van der Waals surface area (Å²) in [5.74, 6) is 0. The molecule has 1 aromatic carbocycles. The van der Waals surface area contributed by atoms with Crippen LogP contribution in [0.2, 0.25) is 0 Å². The number of hydrogen-bond acceptors (Lipinski definition) is 4. The number of amides is 1. The van der Waals surface area contributed by atoms with Crippen LogP contribution in [0.25, 0.3) is 0 Å². The average Bonchev–Trinajstić information content (AvgIpc) is 3.33. The molecular weight excluding hydrogens is 270 g/mol. The third-order valence-corrected chi connectivity index (χ3v) is 3.41. The molecule has 0 bridgehead atoms. The summed E-state index contributed by atoms with van der Waals surface area (Å²) in [4.78, 5) is 11.5. The van der Waals surface area contributed by atoms with Crippen LogP contribution in [0.5, 0.6) is 0 Å². The van der Waals surface area contributed by atoms with Crippen molar-refractivity contribution in [3.63, 3.8) is 0 Å². The zero-order valence-electron chi connectivity index (χ0n) is 12.2. The molecule has 0 aromatic heterocycles. The maximum Gasteiger partial charge on any atom is 0.407 e. The van der Waals surface area contributed by atoms with E-state index in [-0.39, 0.29) is 13.2 Å². The average molecular weight is 293 g/mol. The number of epoxide rings is 1. The molecule has 5 nitrogen and oxygen atoms in total. The number of hydrogen-bond donors (Lipinski definition) is 2. The molecule has 5 heteroatoms. The zero-order chi connectivity index (χ0) is 14.9. The fourth-order valence-corrected chi connectivity index (χ4v) is 2.06. The molecule has 0 aliphatic carbocycles. The molecule has 1 aliphatic heterocycles. The Morgan fingerprint density at radius 1 is 1.38 bits per heavy atom. The van der Waals surface area contributed by atoms with Crippen molar-refractivity contribution in [2.24, 2.45) is 0 Å². The van der Waals surface area contributed by atoms with Gasteiger partial charge in [0.15, 0.2) is 0 Å². The van der Waals surface area contributed by atoms with Gasteiger partial charge in [0.25, 0.3) is 0 Å². The van der Waals surface area contributed by atoms with Crippen molar-refractivity contribution in [1.29, 1.82) is 0 Å². The minimum absolute atomic E-state index is 0.230. The van der Waals surface area contributed by atoms with E-state index >= 15 is 0 Å². The molecule has 2 N–H and O–H groups in total. The van der Waals surface area contributed by atoms with Gasteiger partial charge in [0, 0.05) is 6.54 Å². The predicted molar refractivity (Wildman–Crippen MR) is 78.8 cm³/mol. The Balaban J connectivity index is 1.49. The Hall–Kier alpha value is -1.59. The molecule has 1 saturated heterocycles. The van der Waals surface area contributed by atoms with Crippen molar-refractivity contribution >= 4 is 6.09 Å². The second-order valence-electron chi connectivity index (χ2n) is 5.34. The molecule has 2 atom stereocenters. The van der Waals surface area contributed by atoms with Gasteiger partial charge in [0.2, 0.25) is 0 Å². The van der Waals surface area contributed by atoms with Crippen LogP contribution in [-0.2, 0) is 16.1 Å². The van der Waals surface area contributed by atoms with Crippen LogP contribution < -0.4 is 5.32 Å². The molecule has 1 unspecified atom stereocenters. The van der Waals surface area contributed by atoms with Gasteiger partial charge in [0.1, 0.15) is 6.61 Å². The minimum atomic E-state index is -0.519. The molecule has 1 aromatic rings. The van der Waals surface area contributed by atoms with Gasteiger partial charge in [-0.1, -0.05) is 43.2 Å². The number of aliphatic hydroxyl groups excluding tert-OH is 1. The van der Waals surface area contributed by atoms with Crippen molar-refractivity contribution in [3.05, 3.63) is 35.9 Å². The molecule has 0 radical (unpaired) electrons. The first-order chi connectivity index (χ1) is 10.2. The second kappa shape index (κ2) is 8.64. The molecule has 0 spiro atoms. The molecule has 2 rings (SSSR count). The third kappa shape index (κ3) is 7.11. The lowest BCUT2D eigenvalue weighted by Gasteiger charge is -2.12. The SMILES string of the molecule is O=C(NCC(O)CCCC[C@H]1CO1)OCc1ccccc1. The van der Waals surface area contributed by atoms with Crippen molar-refractivity contribution in [2.45, 2.75) is 44.5 Å². The highest BCUT2D eigenvalue weighted by Gasteiger charge is 2.21. The van der Waals surface area contributed by atoms with Crippen LogP contribution in [0.1, 0.15) is 31.2 Å². The quantitative estimate of drug-likeness (QED) is 0.541. The van der Waals surface area contributed by atoms with Crippen molar-refractivity contribution in [3.8, 4) is 0 Å². The van der Waals surface area contributed by atoms with Gasteiger partial charge in [0.05, 0.1) is 18.8 Å². The Morgan fingerprint density at radius 3 is 2.86 bits per heavy atom. The number of aliphatic hydroxyl groups is 1. The standard InChI is InChI=1S/C16H23NO4/c18-14(8-4-5-9-15-12-20-15)10-17-16(19)21-11-13-6-2-1-3-7-13/h1-3,6-7,14-15,18H,4-5,8-12H2,(H,17,19)/t14?,15-/m0/s1. The van der Waals surface area contributed by atoms with Gasteiger partial charge in [-0.2, -0.15) is 0 Å². The molecular formula is C16H23NO4. The highest BCUT2D eigenvalue weighted by molar-refractivity contribution is 5.67. The Kier molecular flexibility index (Phi) is 6.50. The van der Waals surface area contributed by atoms with Crippen LogP contribution in [-0.4, -0.2) is 36.6 Å². The zero-order valence-corrected chi connectivity index (χ0v) is 12.2. The summed E-state index contributed by atoms with van der Waals surface area (Å²) in [6.07, 6.45) is 3.19. The Bertz CT molecular complexity index is 420. The van der Waals surface area contributed by atoms with Crippen LogP contribution >= 0.6 is 0 Å². The normalized spacial score (nSPS) is 18.0. The Morgan fingerprint density at radius 2 is 2.14 bits per heavy atom. The largest absolute Gasteiger partial charge is 0.445 e. The van der Waals surface area contributed by atoms with Gasteiger partial charge in [-0.05, 0) is 18.4 Å². The first-order valence-electron chi connectivity index (χ1n) is 7.48. The fraction of sp³-hybridized carbons (Fsp3) is 0.562.